The van der Waals surface area contributed by atoms with Crippen LogP contribution in [0, 0.1) is 6.92 Å². The van der Waals surface area contributed by atoms with E-state index in [4.69, 9.17) is 9.47 Å². The van der Waals surface area contributed by atoms with Crippen molar-refractivity contribution in [3.63, 3.8) is 0 Å². The van der Waals surface area contributed by atoms with Crippen LogP contribution in [-0.2, 0) is 14.6 Å². The summed E-state index contributed by atoms with van der Waals surface area (Å²) in [6.07, 6.45) is -0.108. The van der Waals surface area contributed by atoms with E-state index in [0.29, 0.717) is 24.7 Å². The molecule has 8 heteroatoms. The molecule has 1 heterocycles. The van der Waals surface area contributed by atoms with Gasteiger partial charge in [-0.15, -0.1) is 0 Å². The maximum atomic E-state index is 12.4. The molecule has 0 bridgehead atoms. The standard InChI is InChI=1S/C20H22BrNO5S/c1-13-3-5-15(6-4-13)28(24,25)10-7-20(23)22-14(2)16-11-18-19(12-17(16)21)27-9-8-26-18/h3-6,11-12,14H,7-10H2,1-2H3,(H,22,23). The summed E-state index contributed by atoms with van der Waals surface area (Å²) in [5, 5.41) is 2.85. The zero-order valence-corrected chi connectivity index (χ0v) is 18.1. The second-order valence-corrected chi connectivity index (χ2v) is 9.65. The van der Waals surface area contributed by atoms with Crippen molar-refractivity contribution < 1.29 is 22.7 Å². The first-order valence-electron chi connectivity index (χ1n) is 8.94. The number of halogens is 1. The maximum absolute atomic E-state index is 12.4. The molecule has 28 heavy (non-hydrogen) atoms. The summed E-state index contributed by atoms with van der Waals surface area (Å²) >= 11 is 3.49. The van der Waals surface area contributed by atoms with Crippen LogP contribution < -0.4 is 14.8 Å². The van der Waals surface area contributed by atoms with Crippen molar-refractivity contribution in [3.8, 4) is 11.5 Å². The largest absolute Gasteiger partial charge is 0.486 e. The van der Waals surface area contributed by atoms with E-state index in [2.05, 4.69) is 21.2 Å². The number of amides is 1. The van der Waals surface area contributed by atoms with Gasteiger partial charge in [0.25, 0.3) is 0 Å². The van der Waals surface area contributed by atoms with E-state index in [0.717, 1.165) is 15.6 Å². The Kier molecular flexibility index (Phi) is 6.30. The minimum atomic E-state index is -3.50. The molecule has 1 amide bonds. The van der Waals surface area contributed by atoms with Crippen molar-refractivity contribution in [2.24, 2.45) is 0 Å². The van der Waals surface area contributed by atoms with Crippen molar-refractivity contribution >= 4 is 31.7 Å². The minimum Gasteiger partial charge on any atom is -0.486 e. The number of nitrogens with one attached hydrogen (secondary N) is 1. The van der Waals surface area contributed by atoms with Crippen LogP contribution in [-0.4, -0.2) is 33.3 Å². The van der Waals surface area contributed by atoms with Crippen LogP contribution >= 0.6 is 15.9 Å². The van der Waals surface area contributed by atoms with Gasteiger partial charge in [-0.05, 0) is 43.7 Å². The molecule has 0 radical (unpaired) electrons. The number of hydrogen-bond acceptors (Lipinski definition) is 5. The Morgan fingerprint density at radius 3 is 2.39 bits per heavy atom. The molecule has 3 rings (SSSR count). The molecule has 1 atom stereocenters. The number of ether oxygens (including phenoxy) is 2. The van der Waals surface area contributed by atoms with Gasteiger partial charge in [-0.2, -0.15) is 0 Å². The molecule has 0 aromatic heterocycles. The number of benzene rings is 2. The van der Waals surface area contributed by atoms with Crippen molar-refractivity contribution in [1.29, 1.82) is 0 Å². The Morgan fingerprint density at radius 1 is 1.14 bits per heavy atom. The van der Waals surface area contributed by atoms with Crippen LogP contribution in [0.4, 0.5) is 0 Å². The number of carbonyl (C=O) groups is 1. The molecule has 0 spiro atoms. The van der Waals surface area contributed by atoms with Crippen molar-refractivity contribution in [1.82, 2.24) is 5.32 Å². The first-order chi connectivity index (χ1) is 13.3. The summed E-state index contributed by atoms with van der Waals surface area (Å²) in [6, 6.07) is 9.94. The zero-order chi connectivity index (χ0) is 20.3. The molecule has 1 aliphatic rings. The molecular formula is C20H22BrNO5S. The summed E-state index contributed by atoms with van der Waals surface area (Å²) < 4.78 is 36.7. The van der Waals surface area contributed by atoms with Gasteiger partial charge < -0.3 is 14.8 Å². The number of aryl methyl sites for hydroxylation is 1. The lowest BCUT2D eigenvalue weighted by Crippen LogP contribution is -2.28. The van der Waals surface area contributed by atoms with E-state index < -0.39 is 9.84 Å². The Balaban J connectivity index is 1.62. The Morgan fingerprint density at radius 2 is 1.75 bits per heavy atom. The molecular weight excluding hydrogens is 446 g/mol. The second-order valence-electron chi connectivity index (χ2n) is 6.69. The van der Waals surface area contributed by atoms with Crippen LogP contribution in [0.15, 0.2) is 45.8 Å². The molecule has 2 aromatic carbocycles. The molecule has 0 aliphatic carbocycles. The van der Waals surface area contributed by atoms with E-state index in [1.54, 1.807) is 24.3 Å². The SMILES string of the molecule is Cc1ccc(S(=O)(=O)CCC(=O)NC(C)c2cc3c(cc2Br)OCCO3)cc1. The highest BCUT2D eigenvalue weighted by Crippen LogP contribution is 2.37. The number of carbonyl (C=O) groups excluding carboxylic acids is 1. The van der Waals surface area contributed by atoms with Gasteiger partial charge in [0.05, 0.1) is 16.7 Å². The van der Waals surface area contributed by atoms with Crippen LogP contribution in [0.3, 0.4) is 0 Å². The molecule has 0 fully saturated rings. The van der Waals surface area contributed by atoms with Gasteiger partial charge in [-0.1, -0.05) is 33.6 Å². The molecule has 1 aliphatic heterocycles. The third kappa shape index (κ3) is 4.86. The Labute approximate surface area is 173 Å². The third-order valence-corrected chi connectivity index (χ3v) is 6.90. The van der Waals surface area contributed by atoms with Crippen molar-refractivity contribution in [3.05, 3.63) is 52.0 Å². The van der Waals surface area contributed by atoms with Gasteiger partial charge in [-0.3, -0.25) is 4.79 Å². The summed E-state index contributed by atoms with van der Waals surface area (Å²) in [4.78, 5) is 12.5. The normalized spacial score (nSPS) is 14.4. The highest BCUT2D eigenvalue weighted by molar-refractivity contribution is 9.10. The molecule has 0 saturated heterocycles. The van der Waals surface area contributed by atoms with E-state index in [9.17, 15) is 13.2 Å². The second kappa shape index (κ2) is 8.53. The predicted octanol–water partition coefficient (Wildman–Crippen LogP) is 3.57. The Hall–Kier alpha value is -2.06. The molecule has 2 aromatic rings. The monoisotopic (exact) mass is 467 g/mol. The molecule has 150 valence electrons. The summed E-state index contributed by atoms with van der Waals surface area (Å²) in [7, 11) is -3.50. The van der Waals surface area contributed by atoms with Gasteiger partial charge in [0.15, 0.2) is 21.3 Å². The van der Waals surface area contributed by atoms with Gasteiger partial charge in [0.2, 0.25) is 5.91 Å². The van der Waals surface area contributed by atoms with Gasteiger partial charge in [0, 0.05) is 10.9 Å². The topological polar surface area (TPSA) is 81.7 Å². The minimum absolute atomic E-state index is 0.108. The fourth-order valence-corrected chi connectivity index (χ4v) is 4.80. The average Bonchev–Trinajstić information content (AvgIpc) is 2.66. The lowest BCUT2D eigenvalue weighted by Gasteiger charge is -2.22. The van der Waals surface area contributed by atoms with Crippen LogP contribution in [0.25, 0.3) is 0 Å². The smallest absolute Gasteiger partial charge is 0.221 e. The van der Waals surface area contributed by atoms with E-state index in [1.165, 1.54) is 0 Å². The first kappa shape index (κ1) is 20.7. The van der Waals surface area contributed by atoms with Crippen LogP contribution in [0.2, 0.25) is 0 Å². The number of hydrogen-bond donors (Lipinski definition) is 1. The van der Waals surface area contributed by atoms with E-state index in [-0.39, 0.29) is 29.0 Å². The third-order valence-electron chi connectivity index (χ3n) is 4.48. The molecule has 1 N–H and O–H groups in total. The van der Waals surface area contributed by atoms with Crippen molar-refractivity contribution in [2.75, 3.05) is 19.0 Å². The number of sulfone groups is 1. The number of rotatable bonds is 6. The fourth-order valence-electron chi connectivity index (χ4n) is 2.89. The lowest BCUT2D eigenvalue weighted by molar-refractivity contribution is -0.121. The maximum Gasteiger partial charge on any atom is 0.221 e. The average molecular weight is 468 g/mol. The van der Waals surface area contributed by atoms with Gasteiger partial charge in [-0.25, -0.2) is 8.42 Å². The van der Waals surface area contributed by atoms with Crippen LogP contribution in [0.5, 0.6) is 11.5 Å². The molecule has 1 unspecified atom stereocenters. The fraction of sp³-hybridized carbons (Fsp3) is 0.350. The molecule has 6 nitrogen and oxygen atoms in total. The van der Waals surface area contributed by atoms with Crippen LogP contribution in [0.1, 0.15) is 30.5 Å². The van der Waals surface area contributed by atoms with E-state index in [1.807, 2.05) is 26.0 Å². The lowest BCUT2D eigenvalue weighted by atomic mass is 10.1. The summed E-state index contributed by atoms with van der Waals surface area (Å²) in [5.74, 6) is 0.721. The number of fused-ring (bicyclic) bond motifs is 1. The highest BCUT2D eigenvalue weighted by atomic mass is 79.9. The first-order valence-corrected chi connectivity index (χ1v) is 11.4. The summed E-state index contributed by atoms with van der Waals surface area (Å²) in [5.41, 5.74) is 1.81. The highest BCUT2D eigenvalue weighted by Gasteiger charge is 2.21. The zero-order valence-electron chi connectivity index (χ0n) is 15.7. The van der Waals surface area contributed by atoms with E-state index >= 15 is 0 Å². The van der Waals surface area contributed by atoms with Crippen molar-refractivity contribution in [2.45, 2.75) is 31.2 Å². The molecule has 0 saturated carbocycles. The van der Waals surface area contributed by atoms with Gasteiger partial charge >= 0.3 is 0 Å². The quantitative estimate of drug-likeness (QED) is 0.701. The predicted molar refractivity (Wildman–Crippen MR) is 110 cm³/mol. The Bertz CT molecular complexity index is 973. The van der Waals surface area contributed by atoms with Gasteiger partial charge in [0.1, 0.15) is 13.2 Å². The summed E-state index contributed by atoms with van der Waals surface area (Å²) in [6.45, 7) is 4.70.